The molecule has 1 aliphatic heterocycles. The Morgan fingerprint density at radius 1 is 1.44 bits per heavy atom. The minimum atomic E-state index is -0.410. The van der Waals surface area contributed by atoms with E-state index in [9.17, 15) is 4.79 Å². The quantitative estimate of drug-likeness (QED) is 0.757. The SMILES string of the molecule is CC(=O)OC1CN(CCc2ccccc2)CCO1. The summed E-state index contributed by atoms with van der Waals surface area (Å²) in [7, 11) is 0. The van der Waals surface area contributed by atoms with Gasteiger partial charge in [-0.15, -0.1) is 0 Å². The van der Waals surface area contributed by atoms with Gasteiger partial charge >= 0.3 is 5.97 Å². The minimum Gasteiger partial charge on any atom is -0.435 e. The molecule has 1 heterocycles. The predicted octanol–water partition coefficient (Wildman–Crippen LogP) is 1.45. The summed E-state index contributed by atoms with van der Waals surface area (Å²) >= 11 is 0. The fourth-order valence-electron chi connectivity index (χ4n) is 2.06. The molecule has 1 saturated heterocycles. The van der Waals surface area contributed by atoms with Crippen LogP contribution in [0.15, 0.2) is 30.3 Å². The number of rotatable bonds is 4. The second-order valence-electron chi connectivity index (χ2n) is 4.45. The van der Waals surface area contributed by atoms with Crippen LogP contribution >= 0.6 is 0 Å². The van der Waals surface area contributed by atoms with E-state index in [1.807, 2.05) is 6.07 Å². The summed E-state index contributed by atoms with van der Waals surface area (Å²) in [6.07, 6.45) is 0.597. The fourth-order valence-corrected chi connectivity index (χ4v) is 2.06. The molecule has 0 amide bonds. The maximum atomic E-state index is 10.9. The molecule has 18 heavy (non-hydrogen) atoms. The van der Waals surface area contributed by atoms with E-state index in [2.05, 4.69) is 29.2 Å². The van der Waals surface area contributed by atoms with Crippen molar-refractivity contribution < 1.29 is 14.3 Å². The van der Waals surface area contributed by atoms with Gasteiger partial charge in [0.25, 0.3) is 0 Å². The summed E-state index contributed by atoms with van der Waals surface area (Å²) in [4.78, 5) is 13.1. The summed E-state index contributed by atoms with van der Waals surface area (Å²) in [6, 6.07) is 10.4. The van der Waals surface area contributed by atoms with Gasteiger partial charge < -0.3 is 9.47 Å². The number of benzene rings is 1. The first-order valence-corrected chi connectivity index (χ1v) is 6.29. The van der Waals surface area contributed by atoms with E-state index in [0.717, 1.165) is 19.5 Å². The zero-order chi connectivity index (χ0) is 12.8. The highest BCUT2D eigenvalue weighted by Gasteiger charge is 2.22. The maximum absolute atomic E-state index is 10.9. The Morgan fingerprint density at radius 3 is 2.94 bits per heavy atom. The molecule has 0 aromatic heterocycles. The van der Waals surface area contributed by atoms with E-state index in [4.69, 9.17) is 9.47 Å². The number of carbonyl (C=O) groups excluding carboxylic acids is 1. The van der Waals surface area contributed by atoms with Gasteiger partial charge in [0.2, 0.25) is 6.29 Å². The van der Waals surface area contributed by atoms with Gasteiger partial charge in [-0.3, -0.25) is 9.69 Å². The number of ether oxygens (including phenoxy) is 2. The van der Waals surface area contributed by atoms with Crippen LogP contribution in [-0.2, 0) is 20.7 Å². The number of hydrogen-bond donors (Lipinski definition) is 0. The molecule has 1 aromatic carbocycles. The highest BCUT2D eigenvalue weighted by atomic mass is 16.7. The van der Waals surface area contributed by atoms with Gasteiger partial charge in [0.15, 0.2) is 0 Å². The Balaban J connectivity index is 1.77. The molecule has 1 fully saturated rings. The average molecular weight is 249 g/mol. The van der Waals surface area contributed by atoms with Crippen molar-refractivity contribution in [3.63, 3.8) is 0 Å². The second kappa shape index (κ2) is 6.52. The van der Waals surface area contributed by atoms with Crippen LogP contribution in [0.25, 0.3) is 0 Å². The summed E-state index contributed by atoms with van der Waals surface area (Å²) in [5.41, 5.74) is 1.33. The monoisotopic (exact) mass is 249 g/mol. The van der Waals surface area contributed by atoms with Gasteiger partial charge in [-0.25, -0.2) is 0 Å². The third-order valence-corrected chi connectivity index (χ3v) is 2.98. The lowest BCUT2D eigenvalue weighted by molar-refractivity contribution is -0.192. The van der Waals surface area contributed by atoms with E-state index in [0.29, 0.717) is 13.2 Å². The normalized spacial score (nSPS) is 20.6. The average Bonchev–Trinajstić information content (AvgIpc) is 2.37. The van der Waals surface area contributed by atoms with E-state index in [-0.39, 0.29) is 5.97 Å². The Labute approximate surface area is 107 Å². The Morgan fingerprint density at radius 2 is 2.22 bits per heavy atom. The van der Waals surface area contributed by atoms with Crippen LogP contribution < -0.4 is 0 Å². The topological polar surface area (TPSA) is 38.8 Å². The van der Waals surface area contributed by atoms with E-state index in [1.165, 1.54) is 12.5 Å². The minimum absolute atomic E-state index is 0.287. The van der Waals surface area contributed by atoms with Crippen LogP contribution in [0.2, 0.25) is 0 Å². The van der Waals surface area contributed by atoms with Crippen LogP contribution in [0.3, 0.4) is 0 Å². The molecule has 4 heteroatoms. The maximum Gasteiger partial charge on any atom is 0.304 e. The molecule has 1 unspecified atom stereocenters. The van der Waals surface area contributed by atoms with Crippen LogP contribution in [0, 0.1) is 0 Å². The van der Waals surface area contributed by atoms with E-state index >= 15 is 0 Å². The molecule has 0 aliphatic carbocycles. The fraction of sp³-hybridized carbons (Fsp3) is 0.500. The lowest BCUT2D eigenvalue weighted by atomic mass is 10.1. The zero-order valence-corrected chi connectivity index (χ0v) is 10.7. The molecule has 2 rings (SSSR count). The highest BCUT2D eigenvalue weighted by Crippen LogP contribution is 2.08. The van der Waals surface area contributed by atoms with E-state index < -0.39 is 6.29 Å². The molecule has 0 radical (unpaired) electrons. The Hall–Kier alpha value is -1.39. The predicted molar refractivity (Wildman–Crippen MR) is 68.1 cm³/mol. The molecule has 98 valence electrons. The highest BCUT2D eigenvalue weighted by molar-refractivity contribution is 5.66. The van der Waals surface area contributed by atoms with Crippen LogP contribution in [0.4, 0.5) is 0 Å². The van der Waals surface area contributed by atoms with Gasteiger partial charge in [-0.1, -0.05) is 30.3 Å². The largest absolute Gasteiger partial charge is 0.435 e. The van der Waals surface area contributed by atoms with E-state index in [1.54, 1.807) is 0 Å². The first-order valence-electron chi connectivity index (χ1n) is 6.29. The number of esters is 1. The molecule has 0 saturated carbocycles. The van der Waals surface area contributed by atoms with Crippen LogP contribution in [-0.4, -0.2) is 43.4 Å². The van der Waals surface area contributed by atoms with Gasteiger partial charge in [0.1, 0.15) is 0 Å². The molecule has 1 aliphatic rings. The standard InChI is InChI=1S/C14H19NO3/c1-12(16)18-14-11-15(9-10-17-14)8-7-13-5-3-2-4-6-13/h2-6,14H,7-11H2,1H3. The van der Waals surface area contributed by atoms with Crippen molar-refractivity contribution in [2.75, 3.05) is 26.2 Å². The third kappa shape index (κ3) is 4.13. The van der Waals surface area contributed by atoms with Gasteiger partial charge in [-0.2, -0.15) is 0 Å². The van der Waals surface area contributed by atoms with Crippen molar-refractivity contribution in [3.05, 3.63) is 35.9 Å². The van der Waals surface area contributed by atoms with Gasteiger partial charge in [-0.05, 0) is 12.0 Å². The Kier molecular flexibility index (Phi) is 4.73. The molecule has 0 spiro atoms. The molecule has 0 N–H and O–H groups in total. The van der Waals surface area contributed by atoms with Crippen LogP contribution in [0.1, 0.15) is 12.5 Å². The summed E-state index contributed by atoms with van der Waals surface area (Å²) < 4.78 is 10.5. The Bertz CT molecular complexity index is 380. The molecule has 1 atom stereocenters. The number of nitrogens with zero attached hydrogens (tertiary/aromatic N) is 1. The van der Waals surface area contributed by atoms with Crippen molar-refractivity contribution in [3.8, 4) is 0 Å². The summed E-state index contributed by atoms with van der Waals surface area (Å²) in [5.74, 6) is -0.287. The molecule has 1 aromatic rings. The van der Waals surface area contributed by atoms with Crippen molar-refractivity contribution >= 4 is 5.97 Å². The molecular formula is C14H19NO3. The molecular weight excluding hydrogens is 230 g/mol. The first-order chi connectivity index (χ1) is 8.74. The lowest BCUT2D eigenvalue weighted by Gasteiger charge is -2.32. The smallest absolute Gasteiger partial charge is 0.304 e. The summed E-state index contributed by atoms with van der Waals surface area (Å²) in [6.45, 7) is 4.54. The van der Waals surface area contributed by atoms with Crippen molar-refractivity contribution in [2.45, 2.75) is 19.6 Å². The second-order valence-corrected chi connectivity index (χ2v) is 4.45. The van der Waals surface area contributed by atoms with Gasteiger partial charge in [0, 0.05) is 20.0 Å². The van der Waals surface area contributed by atoms with Crippen molar-refractivity contribution in [2.24, 2.45) is 0 Å². The first kappa shape index (κ1) is 13.1. The molecule has 4 nitrogen and oxygen atoms in total. The number of morpholine rings is 1. The van der Waals surface area contributed by atoms with Crippen molar-refractivity contribution in [1.29, 1.82) is 0 Å². The van der Waals surface area contributed by atoms with Gasteiger partial charge in [0.05, 0.1) is 13.2 Å². The number of hydrogen-bond acceptors (Lipinski definition) is 4. The zero-order valence-electron chi connectivity index (χ0n) is 10.7. The lowest BCUT2D eigenvalue weighted by Crippen LogP contribution is -2.44. The van der Waals surface area contributed by atoms with Crippen molar-refractivity contribution in [1.82, 2.24) is 4.90 Å². The number of carbonyl (C=O) groups is 1. The molecule has 0 bridgehead atoms. The van der Waals surface area contributed by atoms with Crippen LogP contribution in [0.5, 0.6) is 0 Å². The third-order valence-electron chi connectivity index (χ3n) is 2.98. The summed E-state index contributed by atoms with van der Waals surface area (Å²) in [5, 5.41) is 0.